The Morgan fingerprint density at radius 1 is 1.62 bits per heavy atom. The molecule has 0 aromatic carbocycles. The monoisotopic (exact) mass is 116 g/mol. The summed E-state index contributed by atoms with van der Waals surface area (Å²) in [6, 6.07) is 0. The maximum atomic E-state index is 10.1. The van der Waals surface area contributed by atoms with Crippen LogP contribution in [-0.2, 0) is 4.79 Å². The fourth-order valence-corrected chi connectivity index (χ4v) is 0.0779. The second-order valence-corrected chi connectivity index (χ2v) is 1.35. The topological polar surface area (TPSA) is 107 Å². The third-order valence-corrected chi connectivity index (χ3v) is 0.656. The first-order valence-electron chi connectivity index (χ1n) is 1.86. The van der Waals surface area contributed by atoms with Crippen molar-refractivity contribution in [3.05, 3.63) is 0 Å². The van der Waals surface area contributed by atoms with Crippen molar-refractivity contribution in [1.29, 1.82) is 0 Å². The van der Waals surface area contributed by atoms with Crippen molar-refractivity contribution in [3.8, 4) is 0 Å². The van der Waals surface area contributed by atoms with E-state index in [0.29, 0.717) is 0 Å². The Kier molecular flexibility index (Phi) is 1.67. The predicted molar refractivity (Wildman–Crippen MR) is 29.8 cm³/mol. The number of rotatable bonds is 2. The molecule has 0 saturated heterocycles. The highest BCUT2D eigenvalue weighted by molar-refractivity contribution is 5.83. The van der Waals surface area contributed by atoms with Gasteiger partial charge in [-0.3, -0.25) is 21.3 Å². The zero-order chi connectivity index (χ0) is 6.78. The molecular formula is C3H8N4O. The van der Waals surface area contributed by atoms with E-state index in [1.165, 1.54) is 0 Å². The lowest BCUT2D eigenvalue weighted by atomic mass is 10.4. The van der Waals surface area contributed by atoms with E-state index in [9.17, 15) is 4.79 Å². The minimum absolute atomic E-state index is 0.896. The Hall–Kier alpha value is -0.940. The second kappa shape index (κ2) is 1.89. The molecule has 0 bridgehead atoms. The zero-order valence-electron chi connectivity index (χ0n) is 4.29. The molecule has 0 rings (SSSR count). The number of nitrogens with two attached hydrogens (primary N) is 3. The molecule has 1 amide bonds. The van der Waals surface area contributed by atoms with Gasteiger partial charge in [-0.15, -0.1) is 0 Å². The number of primary amides is 1. The highest BCUT2D eigenvalue weighted by Crippen LogP contribution is 1.85. The van der Waals surface area contributed by atoms with E-state index in [2.05, 4.69) is 17.4 Å². The molecule has 0 aliphatic rings. The van der Waals surface area contributed by atoms with Crippen LogP contribution in [0.15, 0.2) is 4.99 Å². The van der Waals surface area contributed by atoms with Crippen LogP contribution < -0.4 is 17.2 Å². The summed E-state index contributed by atoms with van der Waals surface area (Å²) in [5.74, 6) is -2.70. The van der Waals surface area contributed by atoms with E-state index >= 15 is 0 Å². The van der Waals surface area contributed by atoms with Crippen molar-refractivity contribution < 1.29 is 4.79 Å². The Bertz CT molecular complexity index is 118. The van der Waals surface area contributed by atoms with Crippen LogP contribution in [0, 0.1) is 0 Å². The van der Waals surface area contributed by atoms with Crippen LogP contribution in [0.1, 0.15) is 0 Å². The molecule has 0 atom stereocenters. The molecule has 6 N–H and O–H groups in total. The Labute approximate surface area is 46.5 Å². The summed E-state index contributed by atoms with van der Waals surface area (Å²) in [4.78, 5) is 13.1. The summed E-state index contributed by atoms with van der Waals surface area (Å²) in [5, 5.41) is 0. The van der Waals surface area contributed by atoms with Crippen LogP contribution in [0.5, 0.6) is 0 Å². The Balaban J connectivity index is 4.12. The van der Waals surface area contributed by atoms with Crippen molar-refractivity contribution in [1.82, 2.24) is 0 Å². The number of carbonyl (C=O) groups is 1. The van der Waals surface area contributed by atoms with Crippen LogP contribution in [-0.4, -0.2) is 18.4 Å². The van der Waals surface area contributed by atoms with Gasteiger partial charge >= 0.3 is 0 Å². The van der Waals surface area contributed by atoms with Crippen molar-refractivity contribution in [2.24, 2.45) is 22.2 Å². The highest BCUT2D eigenvalue weighted by Gasteiger charge is 2.22. The van der Waals surface area contributed by atoms with Crippen LogP contribution in [0.4, 0.5) is 0 Å². The van der Waals surface area contributed by atoms with Gasteiger partial charge in [0.1, 0.15) is 0 Å². The zero-order valence-corrected chi connectivity index (χ0v) is 4.29. The van der Waals surface area contributed by atoms with Gasteiger partial charge in [0.2, 0.25) is 5.79 Å². The van der Waals surface area contributed by atoms with E-state index in [0.717, 1.165) is 0 Å². The van der Waals surface area contributed by atoms with Gasteiger partial charge in [0.25, 0.3) is 5.91 Å². The molecule has 0 aromatic heterocycles. The Morgan fingerprint density at radius 3 is 2.00 bits per heavy atom. The molecule has 0 fully saturated rings. The first kappa shape index (κ1) is 7.06. The maximum Gasteiger partial charge on any atom is 0.275 e. The number of aliphatic imine (C=N–C) groups is 1. The first-order valence-corrected chi connectivity index (χ1v) is 1.86. The van der Waals surface area contributed by atoms with Crippen LogP contribution >= 0.6 is 0 Å². The number of hydrogen-bond donors (Lipinski definition) is 3. The normalized spacial score (nSPS) is 10.8. The van der Waals surface area contributed by atoms with Gasteiger partial charge in [-0.25, -0.2) is 0 Å². The molecule has 0 aromatic rings. The van der Waals surface area contributed by atoms with E-state index in [1.54, 1.807) is 0 Å². The van der Waals surface area contributed by atoms with Gasteiger partial charge < -0.3 is 5.73 Å². The highest BCUT2D eigenvalue weighted by atomic mass is 16.2. The van der Waals surface area contributed by atoms with Crippen molar-refractivity contribution in [2.45, 2.75) is 5.79 Å². The number of amides is 1. The van der Waals surface area contributed by atoms with Crippen molar-refractivity contribution >= 4 is 12.6 Å². The average molecular weight is 116 g/mol. The SMILES string of the molecule is C=NC(N)(N)C(N)=O. The molecule has 0 heterocycles. The van der Waals surface area contributed by atoms with Gasteiger partial charge in [0.05, 0.1) is 0 Å². The number of nitrogens with zero attached hydrogens (tertiary/aromatic N) is 1. The molecule has 0 aliphatic carbocycles. The van der Waals surface area contributed by atoms with E-state index in [-0.39, 0.29) is 0 Å². The largest absolute Gasteiger partial charge is 0.365 e. The summed E-state index contributed by atoms with van der Waals surface area (Å²) in [6.45, 7) is 2.95. The lowest BCUT2D eigenvalue weighted by Crippen LogP contribution is -2.57. The van der Waals surface area contributed by atoms with E-state index in [1.807, 2.05) is 0 Å². The minimum atomic E-state index is -1.81. The molecular weight excluding hydrogens is 108 g/mol. The molecule has 0 spiro atoms. The average Bonchev–Trinajstić information content (AvgIpc) is 1.67. The van der Waals surface area contributed by atoms with Gasteiger partial charge in [-0.05, 0) is 6.72 Å². The van der Waals surface area contributed by atoms with Gasteiger partial charge in [-0.2, -0.15) is 0 Å². The fourth-order valence-electron chi connectivity index (χ4n) is 0.0779. The third kappa shape index (κ3) is 1.28. The predicted octanol–water partition coefficient (Wildman–Crippen LogP) is -2.26. The van der Waals surface area contributed by atoms with Crippen LogP contribution in [0.2, 0.25) is 0 Å². The fraction of sp³-hybridized carbons (Fsp3) is 0.333. The lowest BCUT2D eigenvalue weighted by molar-refractivity contribution is -0.122. The van der Waals surface area contributed by atoms with Crippen molar-refractivity contribution in [3.63, 3.8) is 0 Å². The lowest BCUT2D eigenvalue weighted by Gasteiger charge is -2.11. The molecule has 0 aliphatic heterocycles. The summed E-state index contributed by atoms with van der Waals surface area (Å²) in [7, 11) is 0. The van der Waals surface area contributed by atoms with Gasteiger partial charge in [-0.1, -0.05) is 0 Å². The summed E-state index contributed by atoms with van der Waals surface area (Å²) in [6.07, 6.45) is 0. The van der Waals surface area contributed by atoms with Gasteiger partial charge in [0.15, 0.2) is 0 Å². The van der Waals surface area contributed by atoms with Crippen molar-refractivity contribution in [2.75, 3.05) is 0 Å². The number of carbonyl (C=O) groups excluding carboxylic acids is 1. The molecule has 8 heavy (non-hydrogen) atoms. The second-order valence-electron chi connectivity index (χ2n) is 1.35. The molecule has 5 heteroatoms. The molecule has 46 valence electrons. The third-order valence-electron chi connectivity index (χ3n) is 0.656. The quantitative estimate of drug-likeness (QED) is 0.280. The standard InChI is InChI=1S/C3H8N4O/c1-7-3(5,6)2(4)8/h1,5-6H2,(H2,4,8). The summed E-state index contributed by atoms with van der Waals surface area (Å²) < 4.78 is 0. The van der Waals surface area contributed by atoms with E-state index < -0.39 is 11.7 Å². The van der Waals surface area contributed by atoms with Gasteiger partial charge in [0, 0.05) is 0 Å². The Morgan fingerprint density at radius 2 is 2.00 bits per heavy atom. The maximum absolute atomic E-state index is 10.1. The summed E-state index contributed by atoms with van der Waals surface area (Å²) in [5.41, 5.74) is 14.5. The van der Waals surface area contributed by atoms with Crippen LogP contribution in [0.25, 0.3) is 0 Å². The number of hydrogen-bond acceptors (Lipinski definition) is 4. The molecule has 5 nitrogen and oxygen atoms in total. The van der Waals surface area contributed by atoms with E-state index in [4.69, 9.17) is 11.5 Å². The molecule has 0 radical (unpaired) electrons. The molecule has 0 unspecified atom stereocenters. The minimum Gasteiger partial charge on any atom is -0.365 e. The summed E-state index contributed by atoms with van der Waals surface area (Å²) >= 11 is 0. The smallest absolute Gasteiger partial charge is 0.275 e. The van der Waals surface area contributed by atoms with Crippen LogP contribution in [0.3, 0.4) is 0 Å². The molecule has 0 saturated carbocycles. The first-order chi connectivity index (χ1) is 3.50.